The highest BCUT2D eigenvalue weighted by Gasteiger charge is 2.12. The predicted molar refractivity (Wildman–Crippen MR) is 103 cm³/mol. The number of aromatic nitrogens is 1. The number of alkyl halides is 2. The highest BCUT2D eigenvalue weighted by molar-refractivity contribution is 7.14. The van der Waals surface area contributed by atoms with Gasteiger partial charge >= 0.3 is 6.61 Å². The zero-order valence-corrected chi connectivity index (χ0v) is 15.4. The minimum atomic E-state index is -2.88. The summed E-state index contributed by atoms with van der Waals surface area (Å²) in [4.78, 5) is 28.0. The third-order valence-corrected chi connectivity index (χ3v) is 4.35. The quantitative estimate of drug-likeness (QED) is 0.546. The van der Waals surface area contributed by atoms with Crippen LogP contribution < -0.4 is 15.4 Å². The molecule has 0 fully saturated rings. The maximum Gasteiger partial charge on any atom is 0.387 e. The lowest BCUT2D eigenvalue weighted by Gasteiger charge is -2.06. The SMILES string of the molecule is CC(=O)c1cccc(NC(=O)c2csc(Nc3ccc(OC(F)F)cc3)n2)c1. The number of Topliss-reactive ketones (excluding diaryl/α,β-unsaturated/α-hetero) is 1. The summed E-state index contributed by atoms with van der Waals surface area (Å²) in [7, 11) is 0. The summed E-state index contributed by atoms with van der Waals surface area (Å²) < 4.78 is 28.6. The molecule has 0 aliphatic carbocycles. The molecule has 0 spiro atoms. The van der Waals surface area contributed by atoms with Crippen molar-refractivity contribution in [3.63, 3.8) is 0 Å². The van der Waals surface area contributed by atoms with E-state index in [9.17, 15) is 18.4 Å². The molecule has 0 saturated heterocycles. The number of anilines is 3. The molecule has 1 heterocycles. The van der Waals surface area contributed by atoms with Crippen molar-refractivity contribution >= 4 is 39.5 Å². The molecule has 0 unspecified atom stereocenters. The van der Waals surface area contributed by atoms with Crippen LogP contribution in [0.3, 0.4) is 0 Å². The van der Waals surface area contributed by atoms with Gasteiger partial charge in [-0.25, -0.2) is 4.98 Å². The van der Waals surface area contributed by atoms with Gasteiger partial charge in [-0.1, -0.05) is 12.1 Å². The standard InChI is InChI=1S/C19H15F2N3O3S/c1-11(25)12-3-2-4-14(9-12)22-17(26)16-10-28-19(24-16)23-13-5-7-15(8-6-13)27-18(20)21/h2-10,18H,1H3,(H,22,26)(H,23,24). The molecule has 0 aliphatic heterocycles. The second kappa shape index (κ2) is 8.57. The van der Waals surface area contributed by atoms with Gasteiger partial charge < -0.3 is 15.4 Å². The Balaban J connectivity index is 1.64. The first-order valence-electron chi connectivity index (χ1n) is 8.10. The van der Waals surface area contributed by atoms with Crippen molar-refractivity contribution < 1.29 is 23.1 Å². The topological polar surface area (TPSA) is 80.3 Å². The van der Waals surface area contributed by atoms with E-state index in [-0.39, 0.29) is 17.2 Å². The van der Waals surface area contributed by atoms with Crippen LogP contribution in [0, 0.1) is 0 Å². The van der Waals surface area contributed by atoms with Crippen LogP contribution >= 0.6 is 11.3 Å². The molecule has 0 saturated carbocycles. The largest absolute Gasteiger partial charge is 0.435 e. The molecule has 0 bridgehead atoms. The normalized spacial score (nSPS) is 10.6. The Morgan fingerprint density at radius 3 is 2.54 bits per heavy atom. The summed E-state index contributed by atoms with van der Waals surface area (Å²) in [6, 6.07) is 12.5. The van der Waals surface area contributed by atoms with Crippen molar-refractivity contribution in [2.45, 2.75) is 13.5 Å². The summed E-state index contributed by atoms with van der Waals surface area (Å²) in [6.45, 7) is -1.43. The van der Waals surface area contributed by atoms with Crippen LogP contribution in [-0.4, -0.2) is 23.3 Å². The molecule has 9 heteroatoms. The first kappa shape index (κ1) is 19.4. The van der Waals surface area contributed by atoms with Crippen LogP contribution in [0.5, 0.6) is 5.75 Å². The highest BCUT2D eigenvalue weighted by Crippen LogP contribution is 2.24. The fourth-order valence-electron chi connectivity index (χ4n) is 2.29. The average molecular weight is 403 g/mol. The summed E-state index contributed by atoms with van der Waals surface area (Å²) in [5, 5.41) is 7.73. The number of ether oxygens (including phenoxy) is 1. The van der Waals surface area contributed by atoms with Crippen LogP contribution in [-0.2, 0) is 0 Å². The third kappa shape index (κ3) is 5.10. The molecule has 3 rings (SSSR count). The summed E-state index contributed by atoms with van der Waals surface area (Å²) >= 11 is 1.22. The van der Waals surface area contributed by atoms with E-state index < -0.39 is 12.5 Å². The lowest BCUT2D eigenvalue weighted by Crippen LogP contribution is -2.12. The van der Waals surface area contributed by atoms with Crippen LogP contribution in [0.15, 0.2) is 53.9 Å². The van der Waals surface area contributed by atoms with Crippen molar-refractivity contribution in [2.75, 3.05) is 10.6 Å². The Kier molecular flexibility index (Phi) is 5.95. The van der Waals surface area contributed by atoms with Gasteiger partial charge in [-0.05, 0) is 43.3 Å². The Labute approximate surface area is 163 Å². The van der Waals surface area contributed by atoms with Gasteiger partial charge in [0.25, 0.3) is 5.91 Å². The Morgan fingerprint density at radius 2 is 1.86 bits per heavy atom. The highest BCUT2D eigenvalue weighted by atomic mass is 32.1. The Bertz CT molecular complexity index is 990. The van der Waals surface area contributed by atoms with Gasteiger partial charge in [0.2, 0.25) is 0 Å². The lowest BCUT2D eigenvalue weighted by molar-refractivity contribution is -0.0498. The number of hydrogen-bond donors (Lipinski definition) is 2. The number of nitrogens with one attached hydrogen (secondary N) is 2. The van der Waals surface area contributed by atoms with E-state index in [2.05, 4.69) is 20.4 Å². The summed E-state index contributed by atoms with van der Waals surface area (Å²) in [5.74, 6) is -0.459. The van der Waals surface area contributed by atoms with Gasteiger partial charge in [-0.15, -0.1) is 11.3 Å². The number of amides is 1. The molecule has 1 aromatic heterocycles. The van der Waals surface area contributed by atoms with E-state index in [1.807, 2.05) is 0 Å². The van der Waals surface area contributed by atoms with Crippen molar-refractivity contribution in [1.82, 2.24) is 4.98 Å². The number of halogens is 2. The van der Waals surface area contributed by atoms with Gasteiger partial charge in [0.05, 0.1) is 0 Å². The number of hydrogen-bond acceptors (Lipinski definition) is 6. The van der Waals surface area contributed by atoms with E-state index in [0.29, 0.717) is 22.1 Å². The minimum absolute atomic E-state index is 0.0487. The maximum atomic E-state index is 12.3. The summed E-state index contributed by atoms with van der Waals surface area (Å²) in [5.41, 5.74) is 1.81. The van der Waals surface area contributed by atoms with Crippen LogP contribution in [0.2, 0.25) is 0 Å². The monoisotopic (exact) mass is 403 g/mol. The fraction of sp³-hybridized carbons (Fsp3) is 0.105. The van der Waals surface area contributed by atoms with Gasteiger partial charge in [0.15, 0.2) is 10.9 Å². The maximum absolute atomic E-state index is 12.3. The molecule has 0 aliphatic rings. The lowest BCUT2D eigenvalue weighted by atomic mass is 10.1. The number of nitrogens with zero attached hydrogens (tertiary/aromatic N) is 1. The second-order valence-corrected chi connectivity index (χ2v) is 6.51. The van der Waals surface area contributed by atoms with E-state index >= 15 is 0 Å². The zero-order valence-electron chi connectivity index (χ0n) is 14.6. The van der Waals surface area contributed by atoms with E-state index in [1.54, 1.807) is 41.8 Å². The Morgan fingerprint density at radius 1 is 1.11 bits per heavy atom. The third-order valence-electron chi connectivity index (χ3n) is 3.59. The predicted octanol–water partition coefficient (Wildman–Crippen LogP) is 4.94. The molecule has 2 N–H and O–H groups in total. The smallest absolute Gasteiger partial charge is 0.387 e. The number of thiazole rings is 1. The molecule has 28 heavy (non-hydrogen) atoms. The van der Waals surface area contributed by atoms with Crippen molar-refractivity contribution in [2.24, 2.45) is 0 Å². The van der Waals surface area contributed by atoms with Crippen molar-refractivity contribution in [3.05, 3.63) is 65.2 Å². The van der Waals surface area contributed by atoms with Gasteiger partial charge in [0.1, 0.15) is 11.4 Å². The average Bonchev–Trinajstić information content (AvgIpc) is 3.12. The number of benzene rings is 2. The van der Waals surface area contributed by atoms with Gasteiger partial charge in [0, 0.05) is 22.3 Å². The number of carbonyl (C=O) groups excluding carboxylic acids is 2. The number of carbonyl (C=O) groups is 2. The molecule has 1 amide bonds. The van der Waals surface area contributed by atoms with Gasteiger partial charge in [-0.2, -0.15) is 8.78 Å². The minimum Gasteiger partial charge on any atom is -0.435 e. The number of ketones is 1. The van der Waals surface area contributed by atoms with E-state index in [1.165, 1.54) is 30.4 Å². The van der Waals surface area contributed by atoms with Crippen LogP contribution in [0.1, 0.15) is 27.8 Å². The van der Waals surface area contributed by atoms with Crippen LogP contribution in [0.4, 0.5) is 25.3 Å². The molecule has 3 aromatic rings. The zero-order chi connectivity index (χ0) is 20.1. The first-order valence-corrected chi connectivity index (χ1v) is 8.98. The van der Waals surface area contributed by atoms with Crippen molar-refractivity contribution in [3.8, 4) is 5.75 Å². The molecular weight excluding hydrogens is 388 g/mol. The molecule has 6 nitrogen and oxygen atoms in total. The molecule has 0 radical (unpaired) electrons. The second-order valence-electron chi connectivity index (χ2n) is 5.66. The van der Waals surface area contributed by atoms with E-state index in [4.69, 9.17) is 0 Å². The molecule has 0 atom stereocenters. The van der Waals surface area contributed by atoms with Crippen molar-refractivity contribution in [1.29, 1.82) is 0 Å². The van der Waals surface area contributed by atoms with Gasteiger partial charge in [-0.3, -0.25) is 9.59 Å². The first-order chi connectivity index (χ1) is 13.4. The Hall–Kier alpha value is -3.33. The van der Waals surface area contributed by atoms with E-state index in [0.717, 1.165) is 0 Å². The summed E-state index contributed by atoms with van der Waals surface area (Å²) in [6.07, 6.45) is 0. The molecule has 2 aromatic carbocycles. The molecule has 144 valence electrons. The fourth-order valence-corrected chi connectivity index (χ4v) is 3.00. The van der Waals surface area contributed by atoms with Crippen LogP contribution in [0.25, 0.3) is 0 Å². The number of rotatable bonds is 7. The molecular formula is C19H15F2N3O3S.